The number of nitrogens with two attached hydrogens (primary N) is 2. The Morgan fingerprint density at radius 3 is 2.41 bits per heavy atom. The molecule has 2 atom stereocenters. The highest BCUT2D eigenvalue weighted by molar-refractivity contribution is 5.85. The number of H-pyrrole nitrogens is 1. The first-order chi connectivity index (χ1) is 13.2. The molecule has 2 heterocycles. The number of nitrogens with zero attached hydrogens (tertiary/aromatic N) is 3. The first kappa shape index (κ1) is 24.4. The summed E-state index contributed by atoms with van der Waals surface area (Å²) in [5.74, 6) is -1.40. The number of hydrogen-bond acceptors (Lipinski definition) is 9. The molecule has 0 fully saturated rings. The van der Waals surface area contributed by atoms with E-state index in [0.29, 0.717) is 18.6 Å². The maximum atomic E-state index is 11.9. The van der Waals surface area contributed by atoms with Gasteiger partial charge >= 0.3 is 11.9 Å². The number of halogens is 1. The number of carbonyl (C=O) groups is 2. The lowest BCUT2D eigenvalue weighted by Gasteiger charge is -2.19. The van der Waals surface area contributed by atoms with Crippen molar-refractivity contribution in [2.75, 3.05) is 18.9 Å². The van der Waals surface area contributed by atoms with Crippen LogP contribution in [0.3, 0.4) is 0 Å². The Kier molecular flexibility index (Phi) is 9.05. The van der Waals surface area contributed by atoms with Gasteiger partial charge in [-0.05, 0) is 13.3 Å². The molecule has 29 heavy (non-hydrogen) atoms. The van der Waals surface area contributed by atoms with Gasteiger partial charge in [0.2, 0.25) is 5.95 Å². The van der Waals surface area contributed by atoms with Gasteiger partial charge in [-0.1, -0.05) is 13.8 Å². The molecular formula is C17H27ClN6O5. The summed E-state index contributed by atoms with van der Waals surface area (Å²) < 4.78 is 12.1. The van der Waals surface area contributed by atoms with Crippen LogP contribution in [0.15, 0.2) is 11.1 Å². The van der Waals surface area contributed by atoms with Crippen LogP contribution < -0.4 is 17.0 Å². The Morgan fingerprint density at radius 2 is 1.83 bits per heavy atom. The monoisotopic (exact) mass is 430 g/mol. The van der Waals surface area contributed by atoms with Crippen LogP contribution in [0.2, 0.25) is 0 Å². The molecular weight excluding hydrogens is 404 g/mol. The van der Waals surface area contributed by atoms with Crippen molar-refractivity contribution in [3.8, 4) is 0 Å². The summed E-state index contributed by atoms with van der Waals surface area (Å²) in [7, 11) is 0. The first-order valence-corrected chi connectivity index (χ1v) is 8.98. The fraction of sp³-hybridized carbons (Fsp3) is 0.588. The van der Waals surface area contributed by atoms with Crippen LogP contribution in [0.25, 0.3) is 11.2 Å². The summed E-state index contributed by atoms with van der Waals surface area (Å²) in [6.45, 7) is 5.55. The fourth-order valence-corrected chi connectivity index (χ4v) is 2.37. The van der Waals surface area contributed by atoms with Crippen molar-refractivity contribution in [1.82, 2.24) is 19.5 Å². The van der Waals surface area contributed by atoms with E-state index in [-0.39, 0.29) is 54.9 Å². The van der Waals surface area contributed by atoms with Crippen molar-refractivity contribution in [2.45, 2.75) is 39.8 Å². The number of ether oxygens (including phenoxy) is 2. The van der Waals surface area contributed by atoms with Gasteiger partial charge < -0.3 is 25.5 Å². The Balaban J connectivity index is 0.00000420. The topological polar surface area (TPSA) is 168 Å². The van der Waals surface area contributed by atoms with E-state index < -0.39 is 17.6 Å². The van der Waals surface area contributed by atoms with Crippen LogP contribution in [0.5, 0.6) is 0 Å². The average molecular weight is 431 g/mol. The van der Waals surface area contributed by atoms with Crippen LogP contribution >= 0.6 is 12.4 Å². The molecule has 0 aliphatic heterocycles. The summed E-state index contributed by atoms with van der Waals surface area (Å²) in [5.41, 5.74) is 11.2. The van der Waals surface area contributed by atoms with Crippen molar-refractivity contribution >= 4 is 41.5 Å². The van der Waals surface area contributed by atoms with Gasteiger partial charge in [0.1, 0.15) is 6.04 Å². The van der Waals surface area contributed by atoms with Gasteiger partial charge in [-0.2, -0.15) is 4.98 Å². The van der Waals surface area contributed by atoms with Gasteiger partial charge in [0, 0.05) is 12.5 Å². The fourth-order valence-electron chi connectivity index (χ4n) is 2.37. The molecule has 0 aromatic carbocycles. The summed E-state index contributed by atoms with van der Waals surface area (Å²) in [6.07, 6.45) is 1.97. The van der Waals surface area contributed by atoms with E-state index in [4.69, 9.17) is 20.9 Å². The summed E-state index contributed by atoms with van der Waals surface area (Å²) >= 11 is 0. The van der Waals surface area contributed by atoms with Gasteiger partial charge in [-0.15, -0.1) is 12.4 Å². The number of carbonyl (C=O) groups excluding carboxylic acids is 2. The minimum absolute atomic E-state index is 0. The van der Waals surface area contributed by atoms with Crippen LogP contribution in [-0.4, -0.2) is 50.7 Å². The van der Waals surface area contributed by atoms with Gasteiger partial charge in [0.05, 0.1) is 25.5 Å². The highest BCUT2D eigenvalue weighted by Gasteiger charge is 2.19. The third-order valence-corrected chi connectivity index (χ3v) is 4.04. The molecule has 1 unspecified atom stereocenters. The normalized spacial score (nSPS) is 13.0. The molecule has 2 aromatic heterocycles. The standard InChI is InChI=1S/C17H26N6O5.ClH/c1-9(2)15(25)27-6-11(7-28-16(26)10(3)18)4-5-23-8-20-12-13(23)21-17(19)22-14(12)24;/h8-11H,4-7,18H2,1-3H3,(H3,19,21,22,24);1H/t10-,11?;/m0./s1. The quantitative estimate of drug-likeness (QED) is 0.471. The molecule has 0 aliphatic rings. The highest BCUT2D eigenvalue weighted by Crippen LogP contribution is 2.13. The number of anilines is 1. The number of aryl methyl sites for hydroxylation is 1. The largest absolute Gasteiger partial charge is 0.465 e. The van der Waals surface area contributed by atoms with Crippen LogP contribution in [0.1, 0.15) is 27.2 Å². The van der Waals surface area contributed by atoms with Crippen LogP contribution in [0, 0.1) is 11.8 Å². The minimum Gasteiger partial charge on any atom is -0.465 e. The molecule has 12 heteroatoms. The van der Waals surface area contributed by atoms with E-state index in [0.717, 1.165) is 0 Å². The summed E-state index contributed by atoms with van der Waals surface area (Å²) in [5, 5.41) is 0. The minimum atomic E-state index is -0.740. The predicted molar refractivity (Wildman–Crippen MR) is 108 cm³/mol. The summed E-state index contributed by atoms with van der Waals surface area (Å²) in [4.78, 5) is 45.8. The van der Waals surface area contributed by atoms with Gasteiger partial charge in [0.25, 0.3) is 5.56 Å². The molecule has 0 saturated carbocycles. The van der Waals surface area contributed by atoms with E-state index in [1.165, 1.54) is 13.3 Å². The second-order valence-corrected chi connectivity index (χ2v) is 6.92. The van der Waals surface area contributed by atoms with Gasteiger partial charge in [-0.25, -0.2) is 4.98 Å². The highest BCUT2D eigenvalue weighted by atomic mass is 35.5. The van der Waals surface area contributed by atoms with E-state index in [9.17, 15) is 14.4 Å². The van der Waals surface area contributed by atoms with E-state index in [1.807, 2.05) is 0 Å². The second kappa shape index (κ2) is 10.8. The lowest BCUT2D eigenvalue weighted by atomic mass is 10.1. The molecule has 2 aromatic rings. The zero-order valence-corrected chi connectivity index (χ0v) is 17.4. The maximum absolute atomic E-state index is 11.9. The van der Waals surface area contributed by atoms with Crippen molar-refractivity contribution in [3.63, 3.8) is 0 Å². The Hall–Kier alpha value is -2.66. The Bertz CT molecular complexity index is 870. The number of fused-ring (bicyclic) bond motifs is 1. The number of imidazole rings is 1. The molecule has 162 valence electrons. The number of esters is 2. The molecule has 11 nitrogen and oxygen atoms in total. The molecule has 5 N–H and O–H groups in total. The van der Waals surface area contributed by atoms with Gasteiger partial charge in [-0.3, -0.25) is 19.4 Å². The van der Waals surface area contributed by atoms with Crippen LogP contribution in [0.4, 0.5) is 5.95 Å². The lowest BCUT2D eigenvalue weighted by Crippen LogP contribution is -2.31. The number of hydrogen-bond donors (Lipinski definition) is 3. The predicted octanol–water partition coefficient (Wildman–Crippen LogP) is 0.220. The van der Waals surface area contributed by atoms with E-state index in [1.54, 1.807) is 18.4 Å². The molecule has 0 spiro atoms. The SMILES string of the molecule is CC(C)C(=O)OCC(CCn1cnc2c(=O)[nH]c(N)nc21)COC(=O)[C@H](C)N.Cl. The Labute approximate surface area is 173 Å². The zero-order valence-electron chi connectivity index (χ0n) is 16.6. The Morgan fingerprint density at radius 1 is 1.21 bits per heavy atom. The van der Waals surface area contributed by atoms with Crippen molar-refractivity contribution in [2.24, 2.45) is 17.6 Å². The number of nitrogens with one attached hydrogen (secondary N) is 1. The molecule has 0 amide bonds. The summed E-state index contributed by atoms with van der Waals surface area (Å²) in [6, 6.07) is -0.740. The van der Waals surface area contributed by atoms with E-state index >= 15 is 0 Å². The molecule has 0 bridgehead atoms. The third-order valence-electron chi connectivity index (χ3n) is 4.04. The lowest BCUT2D eigenvalue weighted by molar-refractivity contribution is -0.151. The van der Waals surface area contributed by atoms with Gasteiger partial charge in [0.15, 0.2) is 11.2 Å². The van der Waals surface area contributed by atoms with E-state index in [2.05, 4.69) is 15.0 Å². The number of nitrogen functional groups attached to an aromatic ring is 1. The van der Waals surface area contributed by atoms with Crippen molar-refractivity contribution < 1.29 is 19.1 Å². The molecule has 2 rings (SSSR count). The molecule has 0 saturated heterocycles. The third kappa shape index (κ3) is 6.71. The van der Waals surface area contributed by atoms with Crippen molar-refractivity contribution in [3.05, 3.63) is 16.7 Å². The average Bonchev–Trinajstić information content (AvgIpc) is 3.03. The number of aromatic nitrogens is 4. The number of rotatable bonds is 9. The van der Waals surface area contributed by atoms with Crippen molar-refractivity contribution in [1.29, 1.82) is 0 Å². The van der Waals surface area contributed by atoms with Crippen LogP contribution in [-0.2, 0) is 25.6 Å². The number of aromatic amines is 1. The molecule has 0 aliphatic carbocycles. The second-order valence-electron chi connectivity index (χ2n) is 6.92. The zero-order chi connectivity index (χ0) is 20.8. The molecule has 0 radical (unpaired) electrons. The smallest absolute Gasteiger partial charge is 0.322 e. The first-order valence-electron chi connectivity index (χ1n) is 8.98. The maximum Gasteiger partial charge on any atom is 0.322 e.